The first kappa shape index (κ1) is 40.3. The molecule has 2 unspecified atom stereocenters. The summed E-state index contributed by atoms with van der Waals surface area (Å²) in [6.45, 7) is 5.35. The molecule has 0 spiro atoms. The lowest BCUT2D eigenvalue weighted by Crippen LogP contribution is -2.54. The molecule has 2 aromatic rings. The van der Waals surface area contributed by atoms with E-state index in [4.69, 9.17) is 11.5 Å². The summed E-state index contributed by atoms with van der Waals surface area (Å²) in [5.41, 5.74) is 13.8. The van der Waals surface area contributed by atoms with Crippen molar-refractivity contribution in [1.82, 2.24) is 15.5 Å². The van der Waals surface area contributed by atoms with Crippen LogP contribution in [0.4, 0.5) is 0 Å². The Morgan fingerprint density at radius 3 is 2.16 bits per heavy atom. The van der Waals surface area contributed by atoms with Crippen LogP contribution in [0.3, 0.4) is 0 Å². The molecular weight excluding hydrogens is 665 g/mol. The number of carbonyl (C=O) groups excluding carboxylic acids is 4. The Morgan fingerprint density at radius 1 is 0.922 bits per heavy atom. The quantitative estimate of drug-likeness (QED) is 0.0936. The highest BCUT2D eigenvalue weighted by Crippen LogP contribution is 2.41. The Kier molecular flexibility index (Phi) is 15.8. The van der Waals surface area contributed by atoms with Crippen LogP contribution in [0.25, 0.3) is 0 Å². The van der Waals surface area contributed by atoms with Gasteiger partial charge in [-0.25, -0.2) is 0 Å². The van der Waals surface area contributed by atoms with Gasteiger partial charge in [0.1, 0.15) is 6.04 Å². The lowest BCUT2D eigenvalue weighted by Gasteiger charge is -2.36. The highest BCUT2D eigenvalue weighted by Gasteiger charge is 2.40. The minimum absolute atomic E-state index is 0.00576. The zero-order chi connectivity index (χ0) is 36.9. The number of amides is 3. The second-order valence-electron chi connectivity index (χ2n) is 14.2. The summed E-state index contributed by atoms with van der Waals surface area (Å²) in [5, 5.41) is 25.4. The Labute approximate surface area is 306 Å². The van der Waals surface area contributed by atoms with E-state index in [0.29, 0.717) is 63.0 Å². The van der Waals surface area contributed by atoms with E-state index in [1.807, 2.05) is 80.6 Å². The number of fused-ring (bicyclic) bond motifs is 1. The molecule has 0 saturated carbocycles. The third-order valence-corrected chi connectivity index (χ3v) is 11.1. The molecule has 0 aromatic heterocycles. The first-order valence-corrected chi connectivity index (χ1v) is 19.0. The fraction of sp³-hybridized carbons (Fsp3) is 0.526. The van der Waals surface area contributed by atoms with Crippen LogP contribution in [0.15, 0.2) is 71.5 Å². The molecular formula is C38H54BN5O6S. The van der Waals surface area contributed by atoms with Crippen LogP contribution in [-0.4, -0.2) is 88.6 Å². The molecule has 2 heterocycles. The number of unbranched alkanes of at least 4 members (excludes halogenated alkanes) is 1. The van der Waals surface area contributed by atoms with Crippen molar-refractivity contribution in [3.8, 4) is 0 Å². The van der Waals surface area contributed by atoms with Crippen molar-refractivity contribution < 1.29 is 29.2 Å². The summed E-state index contributed by atoms with van der Waals surface area (Å²) < 4.78 is 0. The van der Waals surface area contributed by atoms with Crippen molar-refractivity contribution in [3.63, 3.8) is 0 Å². The molecule has 1 fully saturated rings. The highest BCUT2D eigenvalue weighted by atomic mass is 32.2. The number of hydrogen-bond acceptors (Lipinski definition) is 9. The largest absolute Gasteiger partial charge is 0.494 e. The van der Waals surface area contributed by atoms with E-state index < -0.39 is 37.1 Å². The number of hydrogen-bond donors (Lipinski definition) is 6. The molecule has 13 heteroatoms. The van der Waals surface area contributed by atoms with Gasteiger partial charge in [-0.1, -0.05) is 80.6 Å². The normalized spacial score (nSPS) is 19.4. The number of benzene rings is 2. The van der Waals surface area contributed by atoms with Crippen LogP contribution in [0.1, 0.15) is 63.5 Å². The van der Waals surface area contributed by atoms with Gasteiger partial charge < -0.3 is 37.0 Å². The van der Waals surface area contributed by atoms with Gasteiger partial charge in [-0.05, 0) is 68.5 Å². The third-order valence-electron chi connectivity index (χ3n) is 9.58. The number of nitrogens with zero attached hydrogens (tertiary/aromatic N) is 1. The number of piperidine rings is 1. The van der Waals surface area contributed by atoms with Gasteiger partial charge in [0.25, 0.3) is 0 Å². The van der Waals surface area contributed by atoms with E-state index in [1.54, 1.807) is 4.90 Å². The molecule has 51 heavy (non-hydrogen) atoms. The van der Waals surface area contributed by atoms with Crippen LogP contribution in [0.2, 0.25) is 0 Å². The number of carbonyl (C=O) groups is 4. The number of nitrogens with two attached hydrogens (primary N) is 2. The minimum atomic E-state index is -1.53. The maximum Gasteiger partial charge on any atom is 0.494 e. The monoisotopic (exact) mass is 719 g/mol. The number of likely N-dealkylation sites (tertiary alicyclic amines) is 1. The lowest BCUT2D eigenvalue weighted by atomic mass is 9.87. The van der Waals surface area contributed by atoms with Crippen LogP contribution >= 0.6 is 11.8 Å². The van der Waals surface area contributed by atoms with Gasteiger partial charge in [0.05, 0.1) is 12.1 Å². The van der Waals surface area contributed by atoms with Crippen LogP contribution < -0.4 is 22.1 Å². The smallest absolute Gasteiger partial charge is 0.423 e. The number of rotatable bonds is 19. The predicted octanol–water partition coefficient (Wildman–Crippen LogP) is 2.38. The molecule has 2 aromatic carbocycles. The lowest BCUT2D eigenvalue weighted by molar-refractivity contribution is -0.139. The molecule has 2 aliphatic rings. The summed E-state index contributed by atoms with van der Waals surface area (Å²) >= 11 is 1.45. The minimum Gasteiger partial charge on any atom is -0.423 e. The van der Waals surface area contributed by atoms with Crippen molar-refractivity contribution in [2.75, 3.05) is 19.6 Å². The van der Waals surface area contributed by atoms with Crippen LogP contribution in [0.5, 0.6) is 0 Å². The molecule has 6 atom stereocenters. The van der Waals surface area contributed by atoms with Gasteiger partial charge in [0, 0.05) is 41.4 Å². The van der Waals surface area contributed by atoms with Gasteiger partial charge in [-0.3, -0.25) is 19.2 Å². The fourth-order valence-corrected chi connectivity index (χ4v) is 8.16. The maximum atomic E-state index is 14.1. The summed E-state index contributed by atoms with van der Waals surface area (Å²) in [4.78, 5) is 57.6. The zero-order valence-electron chi connectivity index (χ0n) is 29.8. The van der Waals surface area contributed by atoms with E-state index in [-0.39, 0.29) is 47.5 Å². The third kappa shape index (κ3) is 12.3. The molecule has 1 saturated heterocycles. The highest BCUT2D eigenvalue weighted by molar-refractivity contribution is 8.05. The molecule has 0 radical (unpaired) electrons. The first-order valence-electron chi connectivity index (χ1n) is 18.1. The van der Waals surface area contributed by atoms with E-state index in [0.717, 1.165) is 11.1 Å². The Hall–Kier alpha value is -3.49. The summed E-state index contributed by atoms with van der Waals surface area (Å²) in [6, 6.07) is 16.3. The molecule has 4 rings (SSSR count). The van der Waals surface area contributed by atoms with Crippen LogP contribution in [-0.2, 0) is 32.0 Å². The van der Waals surface area contributed by atoms with Gasteiger partial charge in [-0.15, -0.1) is 11.8 Å². The molecule has 3 amide bonds. The van der Waals surface area contributed by atoms with Crippen molar-refractivity contribution in [2.24, 2.45) is 29.2 Å². The molecule has 8 N–H and O–H groups in total. The zero-order valence-corrected chi connectivity index (χ0v) is 30.6. The van der Waals surface area contributed by atoms with E-state index in [1.165, 1.54) is 11.8 Å². The SMILES string of the molecule is CC(C)C[C@@H](CC(=O)[C@@H](Cc1ccccc1)NC(=O)[C@H](N)Cc1ccccc1)C(=O)N[C@H](CCCCN)C(=O)N1CCC2SC(B(O)O)=CC2C1. The second kappa shape index (κ2) is 19.9. The van der Waals surface area contributed by atoms with Gasteiger partial charge in [0.2, 0.25) is 17.7 Å². The predicted molar refractivity (Wildman–Crippen MR) is 202 cm³/mol. The number of thioether (sulfide) groups is 1. The fourth-order valence-electron chi connectivity index (χ4n) is 6.87. The number of nitrogens with one attached hydrogen (secondary N) is 2. The van der Waals surface area contributed by atoms with E-state index in [2.05, 4.69) is 10.6 Å². The van der Waals surface area contributed by atoms with Crippen molar-refractivity contribution >= 4 is 42.4 Å². The van der Waals surface area contributed by atoms with Crippen molar-refractivity contribution in [2.45, 2.75) is 88.6 Å². The topological polar surface area (TPSA) is 188 Å². The second-order valence-corrected chi connectivity index (χ2v) is 15.5. The van der Waals surface area contributed by atoms with Crippen molar-refractivity contribution in [1.29, 1.82) is 0 Å². The van der Waals surface area contributed by atoms with Gasteiger partial charge in [-0.2, -0.15) is 0 Å². The number of Topliss-reactive ketones (excluding diaryl/α,β-unsaturated/α-hetero) is 1. The Morgan fingerprint density at radius 2 is 1.55 bits per heavy atom. The Bertz CT molecular complexity index is 1480. The first-order chi connectivity index (χ1) is 24.4. The summed E-state index contributed by atoms with van der Waals surface area (Å²) in [7, 11) is -1.53. The average Bonchev–Trinajstić information content (AvgIpc) is 3.55. The van der Waals surface area contributed by atoms with E-state index in [9.17, 15) is 29.2 Å². The van der Waals surface area contributed by atoms with Crippen molar-refractivity contribution in [3.05, 3.63) is 82.7 Å². The number of ketones is 1. The summed E-state index contributed by atoms with van der Waals surface area (Å²) in [5.74, 6) is -1.91. The molecule has 276 valence electrons. The average molecular weight is 720 g/mol. The standard InChI is InChI=1S/C38H54BN5O6S/c1-25(2)19-28(22-33(45)32(21-27-13-7-4-8-14-27)43-37(47)30(41)20-26-11-5-3-6-12-26)36(46)42-31(15-9-10-17-40)38(48)44-18-16-34-29(24-44)23-35(51-34)39(49)50/h3-8,11-14,23,25,28-32,34,49-50H,9-10,15-22,24,40-41H2,1-2H3,(H,42,46)(H,43,47)/t28-,29?,30+,31+,32+,34?/m0/s1. The van der Waals surface area contributed by atoms with Crippen LogP contribution in [0, 0.1) is 17.8 Å². The molecule has 11 nitrogen and oxygen atoms in total. The Balaban J connectivity index is 1.48. The van der Waals surface area contributed by atoms with E-state index >= 15 is 0 Å². The molecule has 0 bridgehead atoms. The molecule has 0 aliphatic carbocycles. The maximum absolute atomic E-state index is 14.1. The molecule has 2 aliphatic heterocycles. The van der Waals surface area contributed by atoms with Gasteiger partial charge in [0.15, 0.2) is 5.78 Å². The summed E-state index contributed by atoms with van der Waals surface area (Å²) in [6.07, 6.45) is 5.16. The van der Waals surface area contributed by atoms with Gasteiger partial charge >= 0.3 is 7.12 Å².